The van der Waals surface area contributed by atoms with E-state index in [1.54, 1.807) is 0 Å². The zero-order chi connectivity index (χ0) is 11.8. The summed E-state index contributed by atoms with van der Waals surface area (Å²) >= 11 is 3.46. The highest BCUT2D eigenvalue weighted by molar-refractivity contribution is 9.11. The van der Waals surface area contributed by atoms with E-state index in [2.05, 4.69) is 33.0 Å². The van der Waals surface area contributed by atoms with Gasteiger partial charge >= 0.3 is 0 Å². The summed E-state index contributed by atoms with van der Waals surface area (Å²) in [5.74, 6) is 0. The predicted octanol–water partition coefficient (Wildman–Crippen LogP) is 3.08. The Morgan fingerprint density at radius 2 is 2.31 bits per heavy atom. The minimum absolute atomic E-state index is 0.309. The van der Waals surface area contributed by atoms with Gasteiger partial charge in [0.1, 0.15) is 0 Å². The van der Waals surface area contributed by atoms with E-state index in [-0.39, 0.29) is 0 Å². The van der Waals surface area contributed by atoms with Crippen molar-refractivity contribution in [3.63, 3.8) is 0 Å². The molecule has 1 fully saturated rings. The van der Waals surface area contributed by atoms with E-state index in [4.69, 9.17) is 5.11 Å². The molecule has 1 N–H and O–H groups in total. The number of hydrogen-bond donors (Lipinski definition) is 1. The third kappa shape index (κ3) is 4.81. The SMILES string of the molecule is C/C=C(Br)/C=C/CN1CCCCC1CCO. The minimum Gasteiger partial charge on any atom is -0.396 e. The molecule has 0 spiro atoms. The molecule has 3 heteroatoms. The lowest BCUT2D eigenvalue weighted by Gasteiger charge is -2.34. The molecule has 1 rings (SSSR count). The molecule has 1 atom stereocenters. The van der Waals surface area contributed by atoms with E-state index in [1.165, 1.54) is 25.8 Å². The second-order valence-electron chi connectivity index (χ2n) is 4.23. The fraction of sp³-hybridized carbons (Fsp3) is 0.692. The number of nitrogens with zero attached hydrogens (tertiary/aromatic N) is 1. The van der Waals surface area contributed by atoms with Crippen molar-refractivity contribution in [3.05, 3.63) is 22.7 Å². The van der Waals surface area contributed by atoms with Gasteiger partial charge in [0.15, 0.2) is 0 Å². The monoisotopic (exact) mass is 287 g/mol. The van der Waals surface area contributed by atoms with Gasteiger partial charge in [0, 0.05) is 23.7 Å². The number of halogens is 1. The van der Waals surface area contributed by atoms with Crippen LogP contribution in [0.2, 0.25) is 0 Å². The van der Waals surface area contributed by atoms with Gasteiger partial charge in [0.25, 0.3) is 0 Å². The molecular weight excluding hydrogens is 266 g/mol. The lowest BCUT2D eigenvalue weighted by atomic mass is 10.00. The molecule has 0 aromatic carbocycles. The van der Waals surface area contributed by atoms with Gasteiger partial charge in [0.05, 0.1) is 0 Å². The maximum Gasteiger partial charge on any atom is 0.0445 e. The standard InChI is InChI=1S/C13H22BrNO/c1-2-12(14)6-5-10-15-9-4-3-7-13(15)8-11-16/h2,5-6,13,16H,3-4,7-11H2,1H3/b6-5+,12-2-. The molecule has 2 nitrogen and oxygen atoms in total. The second-order valence-corrected chi connectivity index (χ2v) is 5.15. The van der Waals surface area contributed by atoms with Crippen molar-refractivity contribution in [3.8, 4) is 0 Å². The van der Waals surface area contributed by atoms with Gasteiger partial charge in [-0.15, -0.1) is 0 Å². The topological polar surface area (TPSA) is 23.5 Å². The largest absolute Gasteiger partial charge is 0.396 e. The van der Waals surface area contributed by atoms with Crippen LogP contribution in [0.15, 0.2) is 22.7 Å². The summed E-state index contributed by atoms with van der Waals surface area (Å²) < 4.78 is 1.13. The zero-order valence-electron chi connectivity index (χ0n) is 10.0. The summed E-state index contributed by atoms with van der Waals surface area (Å²) in [6.45, 7) is 4.49. The van der Waals surface area contributed by atoms with Gasteiger partial charge < -0.3 is 5.11 Å². The van der Waals surface area contributed by atoms with E-state index < -0.39 is 0 Å². The number of aliphatic hydroxyl groups excluding tert-OH is 1. The van der Waals surface area contributed by atoms with Crippen LogP contribution in [0.4, 0.5) is 0 Å². The molecule has 0 saturated carbocycles. The molecule has 16 heavy (non-hydrogen) atoms. The average molecular weight is 288 g/mol. The van der Waals surface area contributed by atoms with E-state index in [0.29, 0.717) is 12.6 Å². The van der Waals surface area contributed by atoms with Crippen LogP contribution in [0.1, 0.15) is 32.6 Å². The first-order valence-electron chi connectivity index (χ1n) is 6.11. The number of piperidine rings is 1. The maximum absolute atomic E-state index is 9.03. The van der Waals surface area contributed by atoms with Crippen molar-refractivity contribution in [1.82, 2.24) is 4.90 Å². The van der Waals surface area contributed by atoms with E-state index in [0.717, 1.165) is 17.4 Å². The van der Waals surface area contributed by atoms with Crippen molar-refractivity contribution < 1.29 is 5.11 Å². The molecule has 0 aromatic rings. The molecule has 0 amide bonds. The Morgan fingerprint density at radius 3 is 3.00 bits per heavy atom. The Kier molecular flexibility index (Phi) is 7.01. The van der Waals surface area contributed by atoms with Crippen LogP contribution in [-0.2, 0) is 0 Å². The van der Waals surface area contributed by atoms with Gasteiger partial charge in [-0.1, -0.05) is 40.6 Å². The van der Waals surface area contributed by atoms with Crippen LogP contribution in [0.3, 0.4) is 0 Å². The van der Waals surface area contributed by atoms with Gasteiger partial charge in [-0.3, -0.25) is 4.90 Å². The lowest BCUT2D eigenvalue weighted by molar-refractivity contribution is 0.132. The molecule has 0 aliphatic carbocycles. The van der Waals surface area contributed by atoms with Crippen LogP contribution in [0.25, 0.3) is 0 Å². The summed E-state index contributed by atoms with van der Waals surface area (Å²) in [5, 5.41) is 9.03. The number of aliphatic hydroxyl groups is 1. The third-order valence-corrected chi connectivity index (χ3v) is 3.83. The minimum atomic E-state index is 0.309. The highest BCUT2D eigenvalue weighted by atomic mass is 79.9. The highest BCUT2D eigenvalue weighted by Gasteiger charge is 2.20. The molecular formula is C13H22BrNO. The smallest absolute Gasteiger partial charge is 0.0445 e. The maximum atomic E-state index is 9.03. The molecule has 1 aliphatic rings. The van der Waals surface area contributed by atoms with Crippen LogP contribution in [-0.4, -0.2) is 35.7 Å². The first-order chi connectivity index (χ1) is 7.77. The Bertz CT molecular complexity index is 248. The summed E-state index contributed by atoms with van der Waals surface area (Å²) in [5.41, 5.74) is 0. The van der Waals surface area contributed by atoms with Crippen LogP contribution in [0, 0.1) is 0 Å². The first kappa shape index (κ1) is 13.9. The third-order valence-electron chi connectivity index (χ3n) is 3.10. The molecule has 0 aromatic heterocycles. The van der Waals surface area contributed by atoms with E-state index in [9.17, 15) is 0 Å². The molecule has 1 heterocycles. The number of allylic oxidation sites excluding steroid dienone is 3. The second kappa shape index (κ2) is 8.04. The summed E-state index contributed by atoms with van der Waals surface area (Å²) in [7, 11) is 0. The number of hydrogen-bond acceptors (Lipinski definition) is 2. The van der Waals surface area contributed by atoms with Gasteiger partial charge in [-0.05, 0) is 32.7 Å². The van der Waals surface area contributed by atoms with Crippen molar-refractivity contribution in [2.45, 2.75) is 38.6 Å². The molecule has 92 valence electrons. The summed E-state index contributed by atoms with van der Waals surface area (Å²) in [6.07, 6.45) is 11.1. The van der Waals surface area contributed by atoms with E-state index >= 15 is 0 Å². The summed E-state index contributed by atoms with van der Waals surface area (Å²) in [6, 6.07) is 0.577. The Labute approximate surface area is 107 Å². The fourth-order valence-electron chi connectivity index (χ4n) is 2.17. The van der Waals surface area contributed by atoms with Gasteiger partial charge in [0.2, 0.25) is 0 Å². The average Bonchev–Trinajstić information content (AvgIpc) is 2.31. The molecule has 1 saturated heterocycles. The highest BCUT2D eigenvalue weighted by Crippen LogP contribution is 2.19. The zero-order valence-corrected chi connectivity index (χ0v) is 11.6. The molecule has 0 radical (unpaired) electrons. The Hall–Kier alpha value is -0.120. The predicted molar refractivity (Wildman–Crippen MR) is 72.7 cm³/mol. The quantitative estimate of drug-likeness (QED) is 0.786. The van der Waals surface area contributed by atoms with Gasteiger partial charge in [-0.25, -0.2) is 0 Å². The Balaban J connectivity index is 2.40. The fourth-order valence-corrected chi connectivity index (χ4v) is 2.36. The lowest BCUT2D eigenvalue weighted by Crippen LogP contribution is -2.40. The Morgan fingerprint density at radius 1 is 1.50 bits per heavy atom. The van der Waals surface area contributed by atoms with Crippen molar-refractivity contribution in [2.75, 3.05) is 19.7 Å². The van der Waals surface area contributed by atoms with Crippen LogP contribution >= 0.6 is 15.9 Å². The number of rotatable bonds is 5. The molecule has 1 aliphatic heterocycles. The van der Waals surface area contributed by atoms with Gasteiger partial charge in [-0.2, -0.15) is 0 Å². The van der Waals surface area contributed by atoms with Crippen molar-refractivity contribution in [2.24, 2.45) is 0 Å². The van der Waals surface area contributed by atoms with E-state index in [1.807, 2.05) is 13.0 Å². The molecule has 1 unspecified atom stereocenters. The van der Waals surface area contributed by atoms with Crippen LogP contribution in [0.5, 0.6) is 0 Å². The molecule has 0 bridgehead atoms. The van der Waals surface area contributed by atoms with Crippen molar-refractivity contribution in [1.29, 1.82) is 0 Å². The van der Waals surface area contributed by atoms with Crippen molar-refractivity contribution >= 4 is 15.9 Å². The summed E-state index contributed by atoms with van der Waals surface area (Å²) in [4.78, 5) is 2.48. The first-order valence-corrected chi connectivity index (χ1v) is 6.90. The van der Waals surface area contributed by atoms with Crippen LogP contribution < -0.4 is 0 Å². The normalized spacial score (nSPS) is 24.2. The number of likely N-dealkylation sites (tertiary alicyclic amines) is 1.